The zero-order valence-corrected chi connectivity index (χ0v) is 19.9. The monoisotopic (exact) mass is 480 g/mol. The summed E-state index contributed by atoms with van der Waals surface area (Å²) >= 11 is 0. The summed E-state index contributed by atoms with van der Waals surface area (Å²) in [5.74, 6) is 1.49. The normalized spacial score (nSPS) is 25.0. The molecule has 0 radical (unpaired) electrons. The molecule has 8 heteroatoms. The lowest BCUT2D eigenvalue weighted by Crippen LogP contribution is -2.47. The molecule has 2 aromatic carbocycles. The summed E-state index contributed by atoms with van der Waals surface area (Å²) < 4.78 is 17.5. The highest BCUT2D eigenvalue weighted by Gasteiger charge is 2.46. The zero-order chi connectivity index (χ0) is 24.4. The Hall–Kier alpha value is -3.10. The number of carbonyl (C=O) groups is 2. The van der Waals surface area contributed by atoms with Crippen molar-refractivity contribution in [2.75, 3.05) is 19.0 Å². The molecule has 2 fully saturated rings. The summed E-state index contributed by atoms with van der Waals surface area (Å²) in [6.45, 7) is 0.167. The van der Waals surface area contributed by atoms with Gasteiger partial charge in [0, 0.05) is 35.2 Å². The average molecular weight is 481 g/mol. The molecule has 5 rings (SSSR count). The van der Waals surface area contributed by atoms with Gasteiger partial charge in [0.1, 0.15) is 23.7 Å². The molecule has 1 saturated carbocycles. The molecule has 2 aliphatic heterocycles. The molecule has 2 aromatic rings. The van der Waals surface area contributed by atoms with E-state index < -0.39 is 6.10 Å². The van der Waals surface area contributed by atoms with E-state index in [0.717, 1.165) is 47.6 Å². The van der Waals surface area contributed by atoms with E-state index in [1.165, 1.54) is 0 Å². The number of rotatable bonds is 8. The van der Waals surface area contributed by atoms with Crippen LogP contribution in [-0.2, 0) is 20.9 Å². The van der Waals surface area contributed by atoms with Crippen LogP contribution in [0.15, 0.2) is 42.5 Å². The molecule has 0 unspecified atom stereocenters. The second-order valence-electron chi connectivity index (χ2n) is 9.57. The van der Waals surface area contributed by atoms with Gasteiger partial charge in [-0.2, -0.15) is 0 Å². The molecule has 1 saturated heterocycles. The summed E-state index contributed by atoms with van der Waals surface area (Å²) in [4.78, 5) is 25.1. The molecule has 8 nitrogen and oxygen atoms in total. The van der Waals surface area contributed by atoms with Crippen molar-refractivity contribution in [3.8, 4) is 11.5 Å². The van der Waals surface area contributed by atoms with E-state index in [2.05, 4.69) is 10.6 Å². The van der Waals surface area contributed by atoms with E-state index in [4.69, 9.17) is 14.2 Å². The van der Waals surface area contributed by atoms with Gasteiger partial charge in [-0.3, -0.25) is 9.59 Å². The largest absolute Gasteiger partial charge is 0.496 e. The lowest BCUT2D eigenvalue weighted by Gasteiger charge is -2.37. The maximum Gasteiger partial charge on any atom is 0.227 e. The van der Waals surface area contributed by atoms with Crippen LogP contribution in [0, 0.1) is 5.92 Å². The number of fused-ring (bicyclic) bond motifs is 3. The van der Waals surface area contributed by atoms with Crippen molar-refractivity contribution in [2.24, 2.45) is 5.92 Å². The topological polar surface area (TPSA) is 106 Å². The molecule has 0 bridgehead atoms. The standard InChI is InChI=1S/C27H32N2O6/c1-33-22-8-3-2-5-17(22)14-28-25(31)13-19-12-21-20-11-18(29-27(32)16-6-4-7-16)9-10-23(20)35-26(21)24(15-30)34-19/h2-3,5,8-11,16,19,21,24,26,30H,4,6-7,12-15H2,1H3,(H,28,31)(H,29,32)/t19-,21-,24+,26+/m0/s1. The smallest absolute Gasteiger partial charge is 0.227 e. The Kier molecular flexibility index (Phi) is 6.92. The number of benzene rings is 2. The van der Waals surface area contributed by atoms with E-state index in [0.29, 0.717) is 13.0 Å². The Morgan fingerprint density at radius 2 is 2.00 bits per heavy atom. The third kappa shape index (κ3) is 4.99. The Bertz CT molecular complexity index is 1090. The highest BCUT2D eigenvalue weighted by molar-refractivity contribution is 5.93. The predicted octanol–water partition coefficient (Wildman–Crippen LogP) is 3.13. The number of hydrogen-bond acceptors (Lipinski definition) is 6. The third-order valence-electron chi connectivity index (χ3n) is 7.32. The average Bonchev–Trinajstić information content (AvgIpc) is 3.19. The van der Waals surface area contributed by atoms with E-state index in [1.54, 1.807) is 7.11 Å². The number of carbonyl (C=O) groups excluding carboxylic acids is 2. The van der Waals surface area contributed by atoms with Crippen LogP contribution in [0.5, 0.6) is 11.5 Å². The van der Waals surface area contributed by atoms with E-state index in [1.807, 2.05) is 42.5 Å². The van der Waals surface area contributed by atoms with Crippen molar-refractivity contribution in [3.63, 3.8) is 0 Å². The molecule has 3 N–H and O–H groups in total. The fourth-order valence-electron chi connectivity index (χ4n) is 5.20. The van der Waals surface area contributed by atoms with Crippen LogP contribution in [0.2, 0.25) is 0 Å². The molecule has 1 aliphatic carbocycles. The fraction of sp³-hybridized carbons (Fsp3) is 0.481. The molecule has 3 aliphatic rings. The van der Waals surface area contributed by atoms with E-state index in [9.17, 15) is 14.7 Å². The Labute approximate surface area is 205 Å². The van der Waals surface area contributed by atoms with Gasteiger partial charge in [0.15, 0.2) is 0 Å². The van der Waals surface area contributed by atoms with Gasteiger partial charge in [0.2, 0.25) is 11.8 Å². The van der Waals surface area contributed by atoms with Gasteiger partial charge in [-0.1, -0.05) is 24.6 Å². The highest BCUT2D eigenvalue weighted by atomic mass is 16.6. The van der Waals surface area contributed by atoms with Gasteiger partial charge >= 0.3 is 0 Å². The van der Waals surface area contributed by atoms with Crippen LogP contribution in [0.1, 0.15) is 49.1 Å². The van der Waals surface area contributed by atoms with Crippen LogP contribution in [0.3, 0.4) is 0 Å². The first-order valence-corrected chi connectivity index (χ1v) is 12.3. The number of hydrogen-bond donors (Lipinski definition) is 3. The lowest BCUT2D eigenvalue weighted by molar-refractivity contribution is -0.142. The molecule has 2 heterocycles. The molecular formula is C27H32N2O6. The third-order valence-corrected chi connectivity index (χ3v) is 7.32. The van der Waals surface area contributed by atoms with Gasteiger partial charge in [0.05, 0.1) is 26.2 Å². The summed E-state index contributed by atoms with van der Waals surface area (Å²) in [6.07, 6.45) is 2.58. The van der Waals surface area contributed by atoms with Crippen molar-refractivity contribution >= 4 is 17.5 Å². The lowest BCUT2D eigenvalue weighted by atomic mass is 9.83. The molecule has 2 amide bonds. The molecule has 4 atom stereocenters. The number of aliphatic hydroxyl groups is 1. The number of methoxy groups -OCH3 is 1. The van der Waals surface area contributed by atoms with Gasteiger partial charge in [-0.25, -0.2) is 0 Å². The number of para-hydroxylation sites is 1. The molecule has 186 valence electrons. The van der Waals surface area contributed by atoms with Crippen molar-refractivity contribution in [1.29, 1.82) is 0 Å². The van der Waals surface area contributed by atoms with E-state index >= 15 is 0 Å². The van der Waals surface area contributed by atoms with Gasteiger partial charge in [-0.05, 0) is 43.5 Å². The van der Waals surface area contributed by atoms with Crippen molar-refractivity contribution < 1.29 is 28.9 Å². The number of anilines is 1. The first kappa shape index (κ1) is 23.6. The zero-order valence-electron chi connectivity index (χ0n) is 19.9. The van der Waals surface area contributed by atoms with Gasteiger partial charge in [-0.15, -0.1) is 0 Å². The highest BCUT2D eigenvalue weighted by Crippen LogP contribution is 2.47. The number of ether oxygens (including phenoxy) is 3. The molecule has 0 spiro atoms. The summed E-state index contributed by atoms with van der Waals surface area (Å²) in [6, 6.07) is 13.2. The van der Waals surface area contributed by atoms with Crippen LogP contribution in [-0.4, -0.2) is 48.9 Å². The van der Waals surface area contributed by atoms with Crippen LogP contribution in [0.4, 0.5) is 5.69 Å². The number of aliphatic hydroxyl groups excluding tert-OH is 1. The SMILES string of the molecule is COc1ccccc1CNC(=O)C[C@@H]1C[C@H]2c3cc(NC(=O)C4CCC4)ccc3O[C@H]2[C@@H](CO)O1. The van der Waals surface area contributed by atoms with E-state index in [-0.39, 0.29) is 48.9 Å². The van der Waals surface area contributed by atoms with Crippen molar-refractivity contribution in [3.05, 3.63) is 53.6 Å². The summed E-state index contributed by atoms with van der Waals surface area (Å²) in [7, 11) is 1.60. The van der Waals surface area contributed by atoms with Gasteiger partial charge in [0.25, 0.3) is 0 Å². The minimum absolute atomic E-state index is 0.0246. The van der Waals surface area contributed by atoms with Crippen LogP contribution >= 0.6 is 0 Å². The van der Waals surface area contributed by atoms with Crippen molar-refractivity contribution in [2.45, 2.75) is 62.9 Å². The predicted molar refractivity (Wildman–Crippen MR) is 129 cm³/mol. The number of amides is 2. The summed E-state index contributed by atoms with van der Waals surface area (Å²) in [5.41, 5.74) is 2.64. The molecule has 0 aromatic heterocycles. The Morgan fingerprint density at radius 1 is 1.17 bits per heavy atom. The van der Waals surface area contributed by atoms with Crippen molar-refractivity contribution in [1.82, 2.24) is 5.32 Å². The minimum atomic E-state index is -0.527. The Balaban J connectivity index is 1.24. The fourth-order valence-corrected chi connectivity index (χ4v) is 5.20. The second kappa shape index (κ2) is 10.3. The first-order valence-electron chi connectivity index (χ1n) is 12.3. The second-order valence-corrected chi connectivity index (χ2v) is 9.57. The minimum Gasteiger partial charge on any atom is -0.496 e. The van der Waals surface area contributed by atoms with Crippen LogP contribution < -0.4 is 20.1 Å². The van der Waals surface area contributed by atoms with Crippen LogP contribution in [0.25, 0.3) is 0 Å². The molecule has 35 heavy (non-hydrogen) atoms. The Morgan fingerprint density at radius 3 is 2.74 bits per heavy atom. The number of nitrogens with one attached hydrogen (secondary N) is 2. The quantitative estimate of drug-likeness (QED) is 0.536. The first-order chi connectivity index (χ1) is 17.1. The summed E-state index contributed by atoms with van der Waals surface area (Å²) in [5, 5.41) is 15.9. The maximum absolute atomic E-state index is 12.7. The molecular weight excluding hydrogens is 448 g/mol. The van der Waals surface area contributed by atoms with Gasteiger partial charge < -0.3 is 30.0 Å². The maximum atomic E-state index is 12.7.